The predicted octanol–water partition coefficient (Wildman–Crippen LogP) is 3.08. The molecule has 5 nitrogen and oxygen atoms in total. The summed E-state index contributed by atoms with van der Waals surface area (Å²) in [5, 5.41) is 3.41. The van der Waals surface area contributed by atoms with E-state index in [9.17, 15) is 9.59 Å². The number of anilines is 1. The number of rotatable bonds is 6. The molecule has 0 bridgehead atoms. The minimum atomic E-state index is -0.431. The van der Waals surface area contributed by atoms with Crippen LogP contribution in [0.25, 0.3) is 0 Å². The van der Waals surface area contributed by atoms with Gasteiger partial charge in [-0.1, -0.05) is 13.8 Å². The van der Waals surface area contributed by atoms with Crippen LogP contribution in [-0.2, 0) is 11.3 Å². The Balaban J connectivity index is 2.04. The average Bonchev–Trinajstić information content (AvgIpc) is 2.52. The second kappa shape index (κ2) is 7.97. The van der Waals surface area contributed by atoms with Crippen molar-refractivity contribution < 1.29 is 4.79 Å². The van der Waals surface area contributed by atoms with Gasteiger partial charge in [0, 0.05) is 28.2 Å². The summed E-state index contributed by atoms with van der Waals surface area (Å²) in [6, 6.07) is 7.61. The van der Waals surface area contributed by atoms with Gasteiger partial charge in [0.25, 0.3) is 0 Å². The molecular formula is C17H21N3O2S. The number of amides is 1. The van der Waals surface area contributed by atoms with E-state index in [1.165, 1.54) is 15.7 Å². The van der Waals surface area contributed by atoms with E-state index in [-0.39, 0.29) is 12.5 Å². The largest absolute Gasteiger partial charge is 0.347 e. The monoisotopic (exact) mass is 331 g/mol. The van der Waals surface area contributed by atoms with Crippen molar-refractivity contribution in [1.82, 2.24) is 9.55 Å². The van der Waals surface area contributed by atoms with E-state index in [1.54, 1.807) is 12.3 Å². The molecule has 6 heteroatoms. The molecule has 1 aromatic heterocycles. The zero-order valence-corrected chi connectivity index (χ0v) is 14.4. The van der Waals surface area contributed by atoms with Gasteiger partial charge in [0.05, 0.1) is 0 Å². The molecule has 1 unspecified atom stereocenters. The number of thioether (sulfide) groups is 1. The van der Waals surface area contributed by atoms with Crippen LogP contribution in [0, 0.1) is 6.92 Å². The molecule has 1 N–H and O–H groups in total. The summed E-state index contributed by atoms with van der Waals surface area (Å²) < 4.78 is 1.28. The summed E-state index contributed by atoms with van der Waals surface area (Å²) in [5.74, 6) is -0.245. The highest BCUT2D eigenvalue weighted by Gasteiger charge is 2.09. The molecule has 23 heavy (non-hydrogen) atoms. The van der Waals surface area contributed by atoms with Crippen LogP contribution < -0.4 is 11.0 Å². The number of carbonyl (C=O) groups excluding carboxylic acids is 1. The second-order valence-electron chi connectivity index (χ2n) is 5.39. The second-order valence-corrected chi connectivity index (χ2v) is 6.90. The van der Waals surface area contributed by atoms with Crippen LogP contribution in [0.15, 0.2) is 46.3 Å². The zero-order valence-electron chi connectivity index (χ0n) is 13.6. The average molecular weight is 331 g/mol. The van der Waals surface area contributed by atoms with Crippen molar-refractivity contribution in [3.8, 4) is 0 Å². The molecule has 0 aliphatic rings. The number of hydrogen-bond acceptors (Lipinski definition) is 4. The van der Waals surface area contributed by atoms with Gasteiger partial charge in [-0.05, 0) is 43.2 Å². The van der Waals surface area contributed by atoms with Crippen molar-refractivity contribution in [2.45, 2.75) is 43.9 Å². The van der Waals surface area contributed by atoms with E-state index < -0.39 is 5.69 Å². The molecule has 0 aliphatic heterocycles. The van der Waals surface area contributed by atoms with E-state index >= 15 is 0 Å². The van der Waals surface area contributed by atoms with E-state index in [2.05, 4.69) is 30.2 Å². The minimum Gasteiger partial charge on any atom is -0.324 e. The van der Waals surface area contributed by atoms with Gasteiger partial charge in [-0.3, -0.25) is 9.36 Å². The lowest BCUT2D eigenvalue weighted by Gasteiger charge is -2.12. The molecule has 2 aromatic rings. The number of carbonyl (C=O) groups is 1. The molecular weight excluding hydrogens is 310 g/mol. The molecule has 0 saturated heterocycles. The van der Waals surface area contributed by atoms with Crippen LogP contribution in [0.4, 0.5) is 5.69 Å². The number of benzene rings is 1. The number of hydrogen-bond donors (Lipinski definition) is 1. The van der Waals surface area contributed by atoms with Gasteiger partial charge in [0.15, 0.2) is 0 Å². The van der Waals surface area contributed by atoms with Gasteiger partial charge >= 0.3 is 5.69 Å². The Bertz CT molecular complexity index is 743. The molecule has 0 radical (unpaired) electrons. The quantitative estimate of drug-likeness (QED) is 0.826. The Labute approximate surface area is 140 Å². The first-order valence-corrected chi connectivity index (χ1v) is 8.46. The standard InChI is InChI=1S/C17H21N3O2S/c1-4-13(3)23-14-6-7-15(12(2)10-14)19-16(21)11-20-9-5-8-18-17(20)22/h5-10,13H,4,11H2,1-3H3,(H,19,21). The van der Waals surface area contributed by atoms with Crippen molar-refractivity contribution in [3.63, 3.8) is 0 Å². The van der Waals surface area contributed by atoms with Gasteiger partial charge < -0.3 is 5.32 Å². The summed E-state index contributed by atoms with van der Waals surface area (Å²) in [6.07, 6.45) is 4.07. The number of nitrogens with zero attached hydrogens (tertiary/aromatic N) is 2. The number of nitrogens with one attached hydrogen (secondary N) is 1. The maximum absolute atomic E-state index is 12.1. The highest BCUT2D eigenvalue weighted by Crippen LogP contribution is 2.28. The Morgan fingerprint density at radius 3 is 2.87 bits per heavy atom. The van der Waals surface area contributed by atoms with Crippen molar-refractivity contribution in [1.29, 1.82) is 0 Å². The van der Waals surface area contributed by atoms with Crippen LogP contribution in [0.1, 0.15) is 25.8 Å². The molecule has 0 aliphatic carbocycles. The SMILES string of the molecule is CCC(C)Sc1ccc(NC(=O)Cn2cccnc2=O)c(C)c1. The summed E-state index contributed by atoms with van der Waals surface area (Å²) in [4.78, 5) is 28.4. The molecule has 0 saturated carbocycles. The van der Waals surface area contributed by atoms with Crippen molar-refractivity contribution >= 4 is 23.4 Å². The summed E-state index contributed by atoms with van der Waals surface area (Å²) in [6.45, 7) is 6.28. The number of aromatic nitrogens is 2. The first-order chi connectivity index (χ1) is 11.0. The van der Waals surface area contributed by atoms with Crippen molar-refractivity contribution in [2.75, 3.05) is 5.32 Å². The van der Waals surface area contributed by atoms with Crippen LogP contribution in [0.5, 0.6) is 0 Å². The fourth-order valence-electron chi connectivity index (χ4n) is 2.02. The molecule has 122 valence electrons. The topological polar surface area (TPSA) is 64.0 Å². The lowest BCUT2D eigenvalue weighted by Crippen LogP contribution is -2.28. The van der Waals surface area contributed by atoms with Crippen LogP contribution in [0.3, 0.4) is 0 Å². The maximum Gasteiger partial charge on any atom is 0.347 e. The number of aryl methyl sites for hydroxylation is 1. The van der Waals surface area contributed by atoms with Crippen molar-refractivity contribution in [2.24, 2.45) is 0 Å². The summed E-state index contributed by atoms with van der Waals surface area (Å²) >= 11 is 1.82. The molecule has 2 rings (SSSR count). The third kappa shape index (κ3) is 4.96. The molecule has 0 fully saturated rings. The lowest BCUT2D eigenvalue weighted by molar-refractivity contribution is -0.116. The first-order valence-electron chi connectivity index (χ1n) is 7.58. The van der Waals surface area contributed by atoms with Gasteiger partial charge in [0.1, 0.15) is 6.54 Å². The third-order valence-corrected chi connectivity index (χ3v) is 4.74. The predicted molar refractivity (Wildman–Crippen MR) is 93.9 cm³/mol. The van der Waals surface area contributed by atoms with Gasteiger partial charge in [-0.2, -0.15) is 0 Å². The molecule has 1 amide bonds. The molecule has 0 spiro atoms. The molecule has 1 aromatic carbocycles. The van der Waals surface area contributed by atoms with E-state index in [4.69, 9.17) is 0 Å². The van der Waals surface area contributed by atoms with E-state index in [1.807, 2.05) is 30.8 Å². The minimum absolute atomic E-state index is 0.0461. The molecule has 1 atom stereocenters. The molecule has 1 heterocycles. The Hall–Kier alpha value is -2.08. The van der Waals surface area contributed by atoms with E-state index in [0.29, 0.717) is 5.25 Å². The van der Waals surface area contributed by atoms with Gasteiger partial charge in [0.2, 0.25) is 5.91 Å². The summed E-state index contributed by atoms with van der Waals surface area (Å²) in [7, 11) is 0. The normalized spacial score (nSPS) is 12.0. The Morgan fingerprint density at radius 2 is 2.22 bits per heavy atom. The Kier molecular flexibility index (Phi) is 5.98. The van der Waals surface area contributed by atoms with Crippen LogP contribution in [-0.4, -0.2) is 20.7 Å². The third-order valence-electron chi connectivity index (χ3n) is 3.48. The van der Waals surface area contributed by atoms with Crippen LogP contribution >= 0.6 is 11.8 Å². The Morgan fingerprint density at radius 1 is 1.43 bits per heavy atom. The van der Waals surface area contributed by atoms with Gasteiger partial charge in [-0.25, -0.2) is 9.78 Å². The fourth-order valence-corrected chi connectivity index (χ4v) is 3.04. The van der Waals surface area contributed by atoms with Gasteiger partial charge in [-0.15, -0.1) is 11.8 Å². The van der Waals surface area contributed by atoms with E-state index in [0.717, 1.165) is 17.7 Å². The van der Waals surface area contributed by atoms with Crippen LogP contribution in [0.2, 0.25) is 0 Å². The maximum atomic E-state index is 12.1. The van der Waals surface area contributed by atoms with Crippen molar-refractivity contribution in [3.05, 3.63) is 52.7 Å². The fraction of sp³-hybridized carbons (Fsp3) is 0.353. The highest BCUT2D eigenvalue weighted by molar-refractivity contribution is 7.99. The zero-order chi connectivity index (χ0) is 16.8. The highest BCUT2D eigenvalue weighted by atomic mass is 32.2. The first kappa shape index (κ1) is 17.3. The summed E-state index contributed by atoms with van der Waals surface area (Å²) in [5.41, 5.74) is 1.34. The lowest BCUT2D eigenvalue weighted by atomic mass is 10.2. The smallest absolute Gasteiger partial charge is 0.324 e.